The predicted molar refractivity (Wildman–Crippen MR) is 168 cm³/mol. The average Bonchev–Trinajstić information content (AvgIpc) is 3.70. The molecule has 2 fully saturated rings. The molecule has 2 saturated heterocycles. The van der Waals surface area contributed by atoms with Crippen LogP contribution in [-0.2, 0) is 4.79 Å². The molecule has 2 unspecified atom stereocenters. The highest BCUT2D eigenvalue weighted by Gasteiger charge is 2.35. The highest BCUT2D eigenvalue weighted by Crippen LogP contribution is 2.40. The third-order valence-corrected chi connectivity index (χ3v) is 9.19. The van der Waals surface area contributed by atoms with Gasteiger partial charge in [0.15, 0.2) is 5.65 Å². The molecule has 0 bridgehead atoms. The number of carbonyl (C=O) groups excluding carboxylic acids is 1. The van der Waals surface area contributed by atoms with Gasteiger partial charge in [-0.2, -0.15) is 0 Å². The van der Waals surface area contributed by atoms with Crippen LogP contribution in [0.3, 0.4) is 0 Å². The number of rotatable bonds is 6. The topological polar surface area (TPSA) is 81.4 Å². The first kappa shape index (κ1) is 26.6. The summed E-state index contributed by atoms with van der Waals surface area (Å²) in [5.41, 5.74) is 7.39. The first-order valence-corrected chi connectivity index (χ1v) is 15.1. The van der Waals surface area contributed by atoms with Gasteiger partial charge in [-0.15, -0.1) is 0 Å². The van der Waals surface area contributed by atoms with Crippen LogP contribution in [0.4, 0.5) is 17.2 Å². The van der Waals surface area contributed by atoms with E-state index in [4.69, 9.17) is 9.98 Å². The van der Waals surface area contributed by atoms with Crippen LogP contribution in [0.1, 0.15) is 38.3 Å². The molecule has 5 heterocycles. The maximum absolute atomic E-state index is 13.4. The number of fused-ring (bicyclic) bond motifs is 2. The van der Waals surface area contributed by atoms with E-state index in [0.717, 1.165) is 54.6 Å². The van der Waals surface area contributed by atoms with Gasteiger partial charge in [-0.25, -0.2) is 4.98 Å². The third kappa shape index (κ3) is 4.91. The molecule has 4 aromatic rings. The number of aromatic nitrogens is 3. The number of hydrogen-bond donors (Lipinski definition) is 1. The monoisotopic (exact) mass is 562 g/mol. The summed E-state index contributed by atoms with van der Waals surface area (Å²) in [5.74, 6) is 1.26. The second-order valence-corrected chi connectivity index (χ2v) is 11.7. The number of anilines is 2. The van der Waals surface area contributed by atoms with Gasteiger partial charge in [-0.1, -0.05) is 37.3 Å². The van der Waals surface area contributed by atoms with Gasteiger partial charge in [0.05, 0.1) is 18.4 Å². The minimum Gasteiger partial charge on any atom is -0.372 e. The molecule has 3 aliphatic heterocycles. The lowest BCUT2D eigenvalue weighted by Crippen LogP contribution is -2.52. The maximum atomic E-state index is 13.4. The third-order valence-electron chi connectivity index (χ3n) is 9.19. The van der Waals surface area contributed by atoms with E-state index >= 15 is 0 Å². The standard InChI is InChI=1S/C33H38N8O/c1-23-24(2)36-28-8-4-3-7-27(28)32(23)40-19-17-39(18-20-40)30(42)22-35-33-31(37-29-21-34-13-16-41(29)33)25-9-11-26(12-10-25)38-14-5-6-15-38/h3-4,7-13,16,21,23,32,35H,5-6,14-15,17-20,22H2,1-2H3. The van der Waals surface area contributed by atoms with Crippen LogP contribution in [0, 0.1) is 5.92 Å². The molecular weight excluding hydrogens is 524 g/mol. The van der Waals surface area contributed by atoms with Gasteiger partial charge < -0.3 is 15.1 Å². The van der Waals surface area contributed by atoms with Crippen LogP contribution in [0.15, 0.2) is 72.1 Å². The van der Waals surface area contributed by atoms with Crippen molar-refractivity contribution >= 4 is 34.5 Å². The second kappa shape index (κ2) is 11.2. The molecule has 2 atom stereocenters. The van der Waals surface area contributed by atoms with Gasteiger partial charge >= 0.3 is 0 Å². The molecule has 42 heavy (non-hydrogen) atoms. The van der Waals surface area contributed by atoms with Crippen LogP contribution in [-0.4, -0.2) is 81.6 Å². The van der Waals surface area contributed by atoms with Crippen molar-refractivity contribution in [2.24, 2.45) is 10.9 Å². The molecule has 1 N–H and O–H groups in total. The second-order valence-electron chi connectivity index (χ2n) is 11.7. The van der Waals surface area contributed by atoms with Gasteiger partial charge in [0.2, 0.25) is 5.91 Å². The number of hydrogen-bond acceptors (Lipinski definition) is 7. The van der Waals surface area contributed by atoms with Crippen molar-refractivity contribution < 1.29 is 4.79 Å². The van der Waals surface area contributed by atoms with Gasteiger partial charge in [-0.3, -0.25) is 24.1 Å². The predicted octanol–water partition coefficient (Wildman–Crippen LogP) is 5.04. The van der Waals surface area contributed by atoms with E-state index in [2.05, 4.69) is 82.5 Å². The maximum Gasteiger partial charge on any atom is 0.242 e. The van der Waals surface area contributed by atoms with Crippen LogP contribution >= 0.6 is 0 Å². The highest BCUT2D eigenvalue weighted by molar-refractivity contribution is 5.90. The Morgan fingerprint density at radius 3 is 2.52 bits per heavy atom. The van der Waals surface area contributed by atoms with E-state index in [1.807, 2.05) is 15.5 Å². The van der Waals surface area contributed by atoms with Crippen molar-refractivity contribution in [1.82, 2.24) is 24.2 Å². The van der Waals surface area contributed by atoms with Gasteiger partial charge in [0.25, 0.3) is 0 Å². The van der Waals surface area contributed by atoms with Gasteiger partial charge in [0.1, 0.15) is 11.5 Å². The van der Waals surface area contributed by atoms with Crippen molar-refractivity contribution in [2.75, 3.05) is 56.0 Å². The number of piperazine rings is 1. The molecule has 9 nitrogen and oxygen atoms in total. The lowest BCUT2D eigenvalue weighted by Gasteiger charge is -2.43. The fourth-order valence-electron chi connectivity index (χ4n) is 6.75. The Kier molecular flexibility index (Phi) is 7.11. The summed E-state index contributed by atoms with van der Waals surface area (Å²) in [6.45, 7) is 9.95. The van der Waals surface area contributed by atoms with Crippen LogP contribution in [0.2, 0.25) is 0 Å². The number of nitrogens with one attached hydrogen (secondary N) is 1. The number of nitrogens with zero attached hydrogens (tertiary/aromatic N) is 7. The molecule has 3 aliphatic rings. The van der Waals surface area contributed by atoms with E-state index < -0.39 is 0 Å². The molecule has 9 heteroatoms. The van der Waals surface area contributed by atoms with Crippen LogP contribution < -0.4 is 10.2 Å². The van der Waals surface area contributed by atoms with Gasteiger partial charge in [-0.05, 0) is 43.5 Å². The number of carbonyl (C=O) groups is 1. The zero-order chi connectivity index (χ0) is 28.6. The fraction of sp³-hybridized carbons (Fsp3) is 0.394. The number of aliphatic imine (C=N–C) groups is 1. The summed E-state index contributed by atoms with van der Waals surface area (Å²) < 4.78 is 1.98. The van der Waals surface area contributed by atoms with E-state index in [-0.39, 0.29) is 12.5 Å². The Labute approximate surface area is 246 Å². The minimum atomic E-state index is 0.101. The molecule has 7 rings (SSSR count). The summed E-state index contributed by atoms with van der Waals surface area (Å²) in [4.78, 5) is 34.4. The number of benzene rings is 2. The molecule has 0 radical (unpaired) electrons. The van der Waals surface area contributed by atoms with Crippen molar-refractivity contribution in [3.8, 4) is 11.3 Å². The van der Waals surface area contributed by atoms with Crippen LogP contribution in [0.5, 0.6) is 0 Å². The highest BCUT2D eigenvalue weighted by atomic mass is 16.2. The van der Waals surface area contributed by atoms with Crippen LogP contribution in [0.25, 0.3) is 16.9 Å². The first-order chi connectivity index (χ1) is 20.6. The van der Waals surface area contributed by atoms with E-state index in [1.54, 1.807) is 12.4 Å². The summed E-state index contributed by atoms with van der Waals surface area (Å²) in [5, 5.41) is 3.44. The Morgan fingerprint density at radius 1 is 0.976 bits per heavy atom. The number of para-hydroxylation sites is 1. The smallest absolute Gasteiger partial charge is 0.242 e. The van der Waals surface area contributed by atoms with Crippen molar-refractivity contribution in [2.45, 2.75) is 32.7 Å². The Balaban J connectivity index is 1.04. The minimum absolute atomic E-state index is 0.101. The van der Waals surface area contributed by atoms with E-state index in [9.17, 15) is 4.79 Å². The molecule has 0 aliphatic carbocycles. The lowest BCUT2D eigenvalue weighted by atomic mass is 9.86. The summed E-state index contributed by atoms with van der Waals surface area (Å²) in [6, 6.07) is 17.4. The largest absolute Gasteiger partial charge is 0.372 e. The quantitative estimate of drug-likeness (QED) is 0.355. The van der Waals surface area contributed by atoms with Crippen molar-refractivity contribution in [1.29, 1.82) is 0 Å². The van der Waals surface area contributed by atoms with E-state index in [0.29, 0.717) is 25.0 Å². The molecule has 2 aromatic heterocycles. The zero-order valence-electron chi connectivity index (χ0n) is 24.4. The lowest BCUT2D eigenvalue weighted by molar-refractivity contribution is -0.131. The Hall–Kier alpha value is -4.24. The summed E-state index contributed by atoms with van der Waals surface area (Å²) >= 11 is 0. The summed E-state index contributed by atoms with van der Waals surface area (Å²) in [6.07, 6.45) is 7.90. The summed E-state index contributed by atoms with van der Waals surface area (Å²) in [7, 11) is 0. The van der Waals surface area contributed by atoms with Crippen molar-refractivity contribution in [3.05, 3.63) is 72.7 Å². The average molecular weight is 563 g/mol. The zero-order valence-corrected chi connectivity index (χ0v) is 24.4. The number of imidazole rings is 1. The molecule has 2 aromatic carbocycles. The molecular formula is C33H38N8O. The Bertz CT molecular complexity index is 1610. The first-order valence-electron chi connectivity index (χ1n) is 15.1. The van der Waals surface area contributed by atoms with Crippen molar-refractivity contribution in [3.63, 3.8) is 0 Å². The SMILES string of the molecule is CC1=Nc2ccccc2C(N2CCN(C(=O)CNc3c(-c4ccc(N5CCCC5)cc4)nc4cnccn34)CC2)C1C. The fourth-order valence-corrected chi connectivity index (χ4v) is 6.75. The van der Waals surface area contributed by atoms with Gasteiger partial charge in [0, 0.05) is 80.6 Å². The molecule has 0 spiro atoms. The molecule has 216 valence electrons. The number of amides is 1. The normalized spacial score (nSPS) is 21.0. The Morgan fingerprint density at radius 2 is 1.74 bits per heavy atom. The van der Waals surface area contributed by atoms with E-state index in [1.165, 1.54) is 29.8 Å². The molecule has 0 saturated carbocycles. The molecule has 1 amide bonds.